The van der Waals surface area contributed by atoms with E-state index < -0.39 is 0 Å². The van der Waals surface area contributed by atoms with Crippen molar-refractivity contribution < 1.29 is 4.79 Å². The maximum atomic E-state index is 11.3. The Balaban J connectivity index is 2.33. The summed E-state index contributed by atoms with van der Waals surface area (Å²) < 4.78 is 0. The van der Waals surface area contributed by atoms with E-state index >= 15 is 0 Å². The molecule has 0 aliphatic carbocycles. The first-order valence-corrected chi connectivity index (χ1v) is 5.05. The summed E-state index contributed by atoms with van der Waals surface area (Å²) in [5.41, 5.74) is 0. The van der Waals surface area contributed by atoms with Gasteiger partial charge in [0.05, 0.1) is 0 Å². The van der Waals surface area contributed by atoms with Gasteiger partial charge in [-0.1, -0.05) is 26.7 Å². The highest BCUT2D eigenvalue weighted by atomic mass is 16.2. The number of hydrogen-bond acceptors (Lipinski definition) is 1. The Morgan fingerprint density at radius 2 is 2.08 bits per heavy atom. The molecule has 1 aliphatic heterocycles. The third kappa shape index (κ3) is 2.23. The van der Waals surface area contributed by atoms with Gasteiger partial charge in [-0.25, -0.2) is 0 Å². The quantitative estimate of drug-likeness (QED) is 0.630. The highest BCUT2D eigenvalue weighted by Gasteiger charge is 2.21. The fourth-order valence-corrected chi connectivity index (χ4v) is 1.76. The van der Waals surface area contributed by atoms with Crippen molar-refractivity contribution in [2.24, 2.45) is 5.92 Å². The number of hydrogen-bond donors (Lipinski definition) is 0. The number of carbonyl (C=O) groups excluding carboxylic acids is 1. The maximum absolute atomic E-state index is 11.3. The molecular formula is C10H19NO. The minimum absolute atomic E-state index is 0.363. The molecule has 0 atom stereocenters. The molecule has 0 radical (unpaired) electrons. The van der Waals surface area contributed by atoms with Crippen LogP contribution >= 0.6 is 0 Å². The van der Waals surface area contributed by atoms with Gasteiger partial charge in [0.15, 0.2) is 0 Å². The molecule has 0 N–H and O–H groups in total. The van der Waals surface area contributed by atoms with Gasteiger partial charge < -0.3 is 4.90 Å². The Kier molecular flexibility index (Phi) is 3.57. The lowest BCUT2D eigenvalue weighted by atomic mass is 10.0. The molecule has 0 unspecified atom stereocenters. The van der Waals surface area contributed by atoms with Crippen molar-refractivity contribution in [1.82, 2.24) is 4.90 Å². The van der Waals surface area contributed by atoms with E-state index in [1.54, 1.807) is 0 Å². The molecule has 1 saturated heterocycles. The van der Waals surface area contributed by atoms with E-state index in [1.165, 1.54) is 12.8 Å². The number of rotatable bonds is 4. The van der Waals surface area contributed by atoms with Crippen LogP contribution in [0.3, 0.4) is 0 Å². The summed E-state index contributed by atoms with van der Waals surface area (Å²) in [5.74, 6) is 1.08. The molecule has 1 amide bonds. The summed E-state index contributed by atoms with van der Waals surface area (Å²) in [4.78, 5) is 13.3. The zero-order valence-electron chi connectivity index (χ0n) is 8.18. The van der Waals surface area contributed by atoms with E-state index in [9.17, 15) is 4.79 Å². The molecule has 1 rings (SSSR count). The number of nitrogens with zero attached hydrogens (tertiary/aromatic N) is 1. The van der Waals surface area contributed by atoms with Crippen molar-refractivity contribution in [2.45, 2.75) is 39.5 Å². The number of amides is 1. The molecule has 1 heterocycles. The largest absolute Gasteiger partial charge is 0.342 e. The Morgan fingerprint density at radius 3 is 2.50 bits per heavy atom. The molecule has 1 fully saturated rings. The highest BCUT2D eigenvalue weighted by molar-refractivity contribution is 5.78. The van der Waals surface area contributed by atoms with E-state index in [2.05, 4.69) is 13.8 Å². The van der Waals surface area contributed by atoms with Crippen LogP contribution in [0.1, 0.15) is 39.5 Å². The van der Waals surface area contributed by atoms with Gasteiger partial charge in [-0.2, -0.15) is 0 Å². The standard InChI is InChI=1S/C10H19NO/c1-3-9(4-2)8-11-7-5-6-10(11)12/h9H,3-8H2,1-2H3. The van der Waals surface area contributed by atoms with Crippen molar-refractivity contribution >= 4 is 5.91 Å². The minimum Gasteiger partial charge on any atom is -0.342 e. The first-order chi connectivity index (χ1) is 5.77. The van der Waals surface area contributed by atoms with Gasteiger partial charge in [0, 0.05) is 19.5 Å². The van der Waals surface area contributed by atoms with Gasteiger partial charge in [-0.05, 0) is 12.3 Å². The zero-order valence-corrected chi connectivity index (χ0v) is 8.18. The van der Waals surface area contributed by atoms with Crippen molar-refractivity contribution in [1.29, 1.82) is 0 Å². The molecule has 0 bridgehead atoms. The molecule has 0 aromatic heterocycles. The summed E-state index contributed by atoms with van der Waals surface area (Å²) in [5, 5.41) is 0. The summed E-state index contributed by atoms with van der Waals surface area (Å²) in [6.45, 7) is 6.39. The molecule has 1 aliphatic rings. The number of carbonyl (C=O) groups is 1. The third-order valence-electron chi connectivity index (χ3n) is 2.80. The Morgan fingerprint density at radius 1 is 1.42 bits per heavy atom. The predicted molar refractivity (Wildman–Crippen MR) is 49.9 cm³/mol. The second-order valence-electron chi connectivity index (χ2n) is 3.63. The second kappa shape index (κ2) is 4.48. The van der Waals surface area contributed by atoms with Crippen molar-refractivity contribution in [3.63, 3.8) is 0 Å². The summed E-state index contributed by atoms with van der Waals surface area (Å²) >= 11 is 0. The summed E-state index contributed by atoms with van der Waals surface area (Å²) in [7, 11) is 0. The molecule has 70 valence electrons. The molecule has 12 heavy (non-hydrogen) atoms. The van der Waals surface area contributed by atoms with Gasteiger partial charge in [0.1, 0.15) is 0 Å². The van der Waals surface area contributed by atoms with Crippen molar-refractivity contribution in [3.8, 4) is 0 Å². The lowest BCUT2D eigenvalue weighted by Gasteiger charge is -2.21. The fraction of sp³-hybridized carbons (Fsp3) is 0.900. The van der Waals surface area contributed by atoms with E-state index in [1.807, 2.05) is 4.90 Å². The van der Waals surface area contributed by atoms with Crippen molar-refractivity contribution in [2.75, 3.05) is 13.1 Å². The van der Waals surface area contributed by atoms with Gasteiger partial charge in [0.2, 0.25) is 5.91 Å². The SMILES string of the molecule is CCC(CC)CN1CCCC1=O. The smallest absolute Gasteiger partial charge is 0.222 e. The van der Waals surface area contributed by atoms with Crippen molar-refractivity contribution in [3.05, 3.63) is 0 Å². The van der Waals surface area contributed by atoms with Crippen LogP contribution in [0.15, 0.2) is 0 Å². The topological polar surface area (TPSA) is 20.3 Å². The molecule has 0 aromatic carbocycles. The molecule has 2 nitrogen and oxygen atoms in total. The predicted octanol–water partition coefficient (Wildman–Crippen LogP) is 2.04. The van der Waals surface area contributed by atoms with Gasteiger partial charge in [0.25, 0.3) is 0 Å². The first-order valence-electron chi connectivity index (χ1n) is 5.05. The van der Waals surface area contributed by atoms with Crippen LogP contribution < -0.4 is 0 Å². The molecule has 0 aromatic rings. The summed E-state index contributed by atoms with van der Waals surface area (Å²) in [6, 6.07) is 0. The van der Waals surface area contributed by atoms with E-state index in [0.717, 1.165) is 25.9 Å². The number of likely N-dealkylation sites (tertiary alicyclic amines) is 1. The van der Waals surface area contributed by atoms with Crippen LogP contribution in [-0.2, 0) is 4.79 Å². The highest BCUT2D eigenvalue weighted by Crippen LogP contribution is 2.15. The van der Waals surface area contributed by atoms with Gasteiger partial charge in [-0.15, -0.1) is 0 Å². The van der Waals surface area contributed by atoms with Crippen LogP contribution in [-0.4, -0.2) is 23.9 Å². The maximum Gasteiger partial charge on any atom is 0.222 e. The Hall–Kier alpha value is -0.530. The average Bonchev–Trinajstić information content (AvgIpc) is 2.47. The molecular weight excluding hydrogens is 150 g/mol. The average molecular weight is 169 g/mol. The molecule has 2 heteroatoms. The van der Waals surface area contributed by atoms with Gasteiger partial charge in [-0.3, -0.25) is 4.79 Å². The van der Waals surface area contributed by atoms with E-state index in [-0.39, 0.29) is 0 Å². The normalized spacial score (nSPS) is 17.9. The van der Waals surface area contributed by atoms with Crippen LogP contribution in [0.4, 0.5) is 0 Å². The summed E-state index contributed by atoms with van der Waals surface area (Å²) in [6.07, 6.45) is 4.24. The lowest BCUT2D eigenvalue weighted by molar-refractivity contribution is -0.128. The zero-order chi connectivity index (χ0) is 8.97. The van der Waals surface area contributed by atoms with Crippen LogP contribution in [0, 0.1) is 5.92 Å². The second-order valence-corrected chi connectivity index (χ2v) is 3.63. The van der Waals surface area contributed by atoms with E-state index in [0.29, 0.717) is 11.8 Å². The lowest BCUT2D eigenvalue weighted by Crippen LogP contribution is -2.30. The third-order valence-corrected chi connectivity index (χ3v) is 2.80. The van der Waals surface area contributed by atoms with Crippen LogP contribution in [0.25, 0.3) is 0 Å². The Bertz CT molecular complexity index is 152. The molecule has 0 spiro atoms. The monoisotopic (exact) mass is 169 g/mol. The fourth-order valence-electron chi connectivity index (χ4n) is 1.76. The Labute approximate surface area is 74.9 Å². The van der Waals surface area contributed by atoms with Crippen LogP contribution in [0.5, 0.6) is 0 Å². The minimum atomic E-state index is 0.363. The van der Waals surface area contributed by atoms with Gasteiger partial charge >= 0.3 is 0 Å². The van der Waals surface area contributed by atoms with E-state index in [4.69, 9.17) is 0 Å². The molecule has 0 saturated carbocycles. The first kappa shape index (κ1) is 9.56. The van der Waals surface area contributed by atoms with Crippen LogP contribution in [0.2, 0.25) is 0 Å².